The monoisotopic (exact) mass is 240 g/mol. The van der Waals surface area contributed by atoms with Gasteiger partial charge in [0.25, 0.3) is 0 Å². The normalized spacial score (nSPS) is 27.2. The van der Waals surface area contributed by atoms with Gasteiger partial charge in [0, 0.05) is 26.3 Å². The largest absolute Gasteiger partial charge is 0.385 e. The minimum Gasteiger partial charge on any atom is -0.385 e. The van der Waals surface area contributed by atoms with Crippen molar-refractivity contribution in [3.05, 3.63) is 0 Å². The molecule has 2 fully saturated rings. The molecule has 0 aromatic carbocycles. The maximum absolute atomic E-state index is 12.3. The van der Waals surface area contributed by atoms with Gasteiger partial charge in [0.2, 0.25) is 5.91 Å². The molecule has 1 aliphatic carbocycles. The lowest BCUT2D eigenvalue weighted by atomic mass is 9.66. The van der Waals surface area contributed by atoms with Gasteiger partial charge in [-0.2, -0.15) is 0 Å². The Morgan fingerprint density at radius 3 is 2.82 bits per heavy atom. The maximum atomic E-state index is 12.3. The van der Waals surface area contributed by atoms with Crippen LogP contribution in [0.2, 0.25) is 0 Å². The van der Waals surface area contributed by atoms with E-state index < -0.39 is 0 Å². The molecule has 2 aliphatic rings. The quantitative estimate of drug-likeness (QED) is 0.755. The topological polar surface area (TPSA) is 50.4 Å². The third-order valence-corrected chi connectivity index (χ3v) is 4.21. The first-order valence-electron chi connectivity index (χ1n) is 6.77. The number of rotatable bonds is 5. The first-order valence-corrected chi connectivity index (χ1v) is 6.77. The van der Waals surface area contributed by atoms with Crippen molar-refractivity contribution in [2.75, 3.05) is 26.8 Å². The predicted octanol–water partition coefficient (Wildman–Crippen LogP) is 1.06. The summed E-state index contributed by atoms with van der Waals surface area (Å²) in [5.74, 6) is 0.259. The number of ether oxygens (including phenoxy) is 1. The van der Waals surface area contributed by atoms with Gasteiger partial charge in [-0.15, -0.1) is 0 Å². The number of methoxy groups -OCH3 is 1. The minimum absolute atomic E-state index is 0.118. The van der Waals surface area contributed by atoms with Gasteiger partial charge in [0.05, 0.1) is 5.41 Å². The molecule has 0 spiro atoms. The van der Waals surface area contributed by atoms with Crippen molar-refractivity contribution in [1.29, 1.82) is 0 Å². The molecule has 1 atom stereocenters. The Morgan fingerprint density at radius 1 is 1.47 bits per heavy atom. The van der Waals surface area contributed by atoms with Crippen LogP contribution in [0.25, 0.3) is 0 Å². The van der Waals surface area contributed by atoms with Crippen LogP contribution in [0.1, 0.15) is 38.5 Å². The van der Waals surface area contributed by atoms with Gasteiger partial charge in [-0.3, -0.25) is 4.79 Å². The molecular formula is C13H24N2O2. The van der Waals surface area contributed by atoms with E-state index in [0.717, 1.165) is 45.2 Å². The van der Waals surface area contributed by atoms with E-state index in [0.29, 0.717) is 12.6 Å². The molecule has 4 nitrogen and oxygen atoms in total. The molecule has 2 N–H and O–H groups in total. The molecule has 1 saturated heterocycles. The van der Waals surface area contributed by atoms with Gasteiger partial charge < -0.3 is 15.4 Å². The number of carbonyl (C=O) groups is 1. The Morgan fingerprint density at radius 2 is 2.29 bits per heavy atom. The molecule has 0 aromatic heterocycles. The average molecular weight is 240 g/mol. The molecule has 1 aliphatic heterocycles. The Kier molecular flexibility index (Phi) is 4.40. The third-order valence-electron chi connectivity index (χ3n) is 4.21. The van der Waals surface area contributed by atoms with Gasteiger partial charge in [-0.25, -0.2) is 0 Å². The second-order valence-corrected chi connectivity index (χ2v) is 5.39. The number of hydrogen-bond donors (Lipinski definition) is 2. The van der Waals surface area contributed by atoms with E-state index in [1.165, 1.54) is 6.42 Å². The standard InChI is InChI=1S/C13H24N2O2/c1-17-9-7-13(5-3-6-13)12(16)15-11-4-2-8-14-10-11/h11,14H,2-10H2,1H3,(H,15,16). The van der Waals surface area contributed by atoms with E-state index in [4.69, 9.17) is 4.74 Å². The summed E-state index contributed by atoms with van der Waals surface area (Å²) in [4.78, 5) is 12.3. The highest BCUT2D eigenvalue weighted by atomic mass is 16.5. The highest BCUT2D eigenvalue weighted by Crippen LogP contribution is 2.44. The zero-order valence-electron chi connectivity index (χ0n) is 10.8. The third kappa shape index (κ3) is 2.99. The van der Waals surface area contributed by atoms with Crippen molar-refractivity contribution < 1.29 is 9.53 Å². The van der Waals surface area contributed by atoms with E-state index in [1.807, 2.05) is 0 Å². The zero-order valence-corrected chi connectivity index (χ0v) is 10.8. The first kappa shape index (κ1) is 12.8. The van der Waals surface area contributed by atoms with Crippen LogP contribution in [-0.4, -0.2) is 38.8 Å². The molecule has 1 unspecified atom stereocenters. The van der Waals surface area contributed by atoms with Crippen molar-refractivity contribution in [3.8, 4) is 0 Å². The van der Waals surface area contributed by atoms with Crippen LogP contribution in [0.4, 0.5) is 0 Å². The van der Waals surface area contributed by atoms with E-state index in [-0.39, 0.29) is 11.3 Å². The molecule has 0 aromatic rings. The van der Waals surface area contributed by atoms with Crippen LogP contribution in [-0.2, 0) is 9.53 Å². The van der Waals surface area contributed by atoms with Crippen molar-refractivity contribution >= 4 is 5.91 Å². The van der Waals surface area contributed by atoms with Gasteiger partial charge in [0.1, 0.15) is 0 Å². The second kappa shape index (κ2) is 5.83. The van der Waals surface area contributed by atoms with Crippen LogP contribution in [0.3, 0.4) is 0 Å². The summed E-state index contributed by atoms with van der Waals surface area (Å²) in [5.41, 5.74) is -0.118. The molecule has 0 radical (unpaired) electrons. The zero-order chi connectivity index (χ0) is 12.1. The summed E-state index contributed by atoms with van der Waals surface area (Å²) in [6.07, 6.45) is 6.38. The molecule has 98 valence electrons. The maximum Gasteiger partial charge on any atom is 0.226 e. The molecule has 1 saturated carbocycles. The summed E-state index contributed by atoms with van der Waals surface area (Å²) < 4.78 is 5.12. The molecule has 17 heavy (non-hydrogen) atoms. The molecule has 2 rings (SSSR count). The Balaban J connectivity index is 1.83. The SMILES string of the molecule is COCCC1(C(=O)NC2CCCNC2)CCC1. The molecule has 4 heteroatoms. The van der Waals surface area contributed by atoms with Crippen LogP contribution in [0.5, 0.6) is 0 Å². The summed E-state index contributed by atoms with van der Waals surface area (Å²) in [7, 11) is 1.70. The number of amides is 1. The number of carbonyl (C=O) groups excluding carboxylic acids is 1. The van der Waals surface area contributed by atoms with Gasteiger partial charge in [0.15, 0.2) is 0 Å². The van der Waals surface area contributed by atoms with Crippen molar-refractivity contribution in [3.63, 3.8) is 0 Å². The van der Waals surface area contributed by atoms with Gasteiger partial charge >= 0.3 is 0 Å². The summed E-state index contributed by atoms with van der Waals surface area (Å²) >= 11 is 0. The van der Waals surface area contributed by atoms with Gasteiger partial charge in [-0.1, -0.05) is 6.42 Å². The Hall–Kier alpha value is -0.610. The lowest BCUT2D eigenvalue weighted by Crippen LogP contribution is -2.53. The van der Waals surface area contributed by atoms with Crippen LogP contribution >= 0.6 is 0 Å². The fraction of sp³-hybridized carbons (Fsp3) is 0.923. The molecular weight excluding hydrogens is 216 g/mol. The fourth-order valence-electron chi connectivity index (χ4n) is 2.81. The van der Waals surface area contributed by atoms with E-state index >= 15 is 0 Å². The van der Waals surface area contributed by atoms with E-state index in [9.17, 15) is 4.79 Å². The second-order valence-electron chi connectivity index (χ2n) is 5.39. The van der Waals surface area contributed by atoms with Gasteiger partial charge in [-0.05, 0) is 38.6 Å². The first-order chi connectivity index (χ1) is 8.27. The molecule has 1 heterocycles. The average Bonchev–Trinajstić information content (AvgIpc) is 2.29. The predicted molar refractivity (Wildman–Crippen MR) is 66.8 cm³/mol. The van der Waals surface area contributed by atoms with Crippen molar-refractivity contribution in [2.45, 2.75) is 44.6 Å². The van der Waals surface area contributed by atoms with E-state index in [2.05, 4.69) is 10.6 Å². The Labute approximate surface area is 103 Å². The highest BCUT2D eigenvalue weighted by Gasteiger charge is 2.44. The van der Waals surface area contributed by atoms with Crippen molar-refractivity contribution in [2.24, 2.45) is 5.41 Å². The number of nitrogens with one attached hydrogen (secondary N) is 2. The molecule has 1 amide bonds. The fourth-order valence-corrected chi connectivity index (χ4v) is 2.81. The van der Waals surface area contributed by atoms with E-state index in [1.54, 1.807) is 7.11 Å². The Bertz CT molecular complexity index is 258. The summed E-state index contributed by atoms with van der Waals surface area (Å²) in [6, 6.07) is 0.330. The highest BCUT2D eigenvalue weighted by molar-refractivity contribution is 5.83. The smallest absolute Gasteiger partial charge is 0.226 e. The number of hydrogen-bond acceptors (Lipinski definition) is 3. The lowest BCUT2D eigenvalue weighted by Gasteiger charge is -2.41. The summed E-state index contributed by atoms with van der Waals surface area (Å²) in [5, 5.41) is 6.54. The number of piperidine rings is 1. The van der Waals surface area contributed by atoms with Crippen molar-refractivity contribution in [1.82, 2.24) is 10.6 Å². The lowest BCUT2D eigenvalue weighted by molar-refractivity contribution is -0.138. The summed E-state index contributed by atoms with van der Waals surface area (Å²) in [6.45, 7) is 2.70. The van der Waals surface area contributed by atoms with Crippen LogP contribution in [0, 0.1) is 5.41 Å². The minimum atomic E-state index is -0.118. The van der Waals surface area contributed by atoms with Crippen LogP contribution < -0.4 is 10.6 Å². The molecule has 0 bridgehead atoms. The van der Waals surface area contributed by atoms with Crippen LogP contribution in [0.15, 0.2) is 0 Å².